The van der Waals surface area contributed by atoms with E-state index in [0.717, 1.165) is 19.3 Å². The first-order chi connectivity index (χ1) is 9.62. The molecule has 5 nitrogen and oxygen atoms in total. The van der Waals surface area contributed by atoms with Gasteiger partial charge < -0.3 is 14.6 Å². The first-order valence-electron chi connectivity index (χ1n) is 7.60. The SMILES string of the molecule is CCCCCCCCC(=O)OCC1(CO)CCC(=O)O1. The lowest BCUT2D eigenvalue weighted by Gasteiger charge is -2.24. The van der Waals surface area contributed by atoms with Gasteiger partial charge in [0.25, 0.3) is 0 Å². The number of ether oxygens (including phenoxy) is 2. The summed E-state index contributed by atoms with van der Waals surface area (Å²) in [6.07, 6.45) is 7.76. The molecule has 1 aliphatic heterocycles. The van der Waals surface area contributed by atoms with Crippen LogP contribution in [0.1, 0.15) is 64.7 Å². The minimum Gasteiger partial charge on any atom is -0.461 e. The molecule has 0 radical (unpaired) electrons. The van der Waals surface area contributed by atoms with Crippen molar-refractivity contribution in [2.24, 2.45) is 0 Å². The maximum absolute atomic E-state index is 11.6. The fraction of sp³-hybridized carbons (Fsp3) is 0.867. The van der Waals surface area contributed by atoms with Gasteiger partial charge in [0.05, 0.1) is 6.61 Å². The van der Waals surface area contributed by atoms with E-state index in [0.29, 0.717) is 12.8 Å². The molecular weight excluding hydrogens is 260 g/mol. The zero-order valence-electron chi connectivity index (χ0n) is 12.4. The lowest BCUT2D eigenvalue weighted by Crippen LogP contribution is -2.39. The predicted molar refractivity (Wildman–Crippen MR) is 74.1 cm³/mol. The Hall–Kier alpha value is -1.10. The highest BCUT2D eigenvalue weighted by molar-refractivity contribution is 5.72. The van der Waals surface area contributed by atoms with Gasteiger partial charge in [-0.25, -0.2) is 0 Å². The largest absolute Gasteiger partial charge is 0.461 e. The molecule has 116 valence electrons. The van der Waals surface area contributed by atoms with Crippen LogP contribution < -0.4 is 0 Å². The summed E-state index contributed by atoms with van der Waals surface area (Å²) in [5.74, 6) is -0.623. The number of aliphatic hydroxyl groups excluding tert-OH is 1. The van der Waals surface area contributed by atoms with Crippen molar-refractivity contribution in [3.8, 4) is 0 Å². The van der Waals surface area contributed by atoms with E-state index in [1.807, 2.05) is 0 Å². The maximum atomic E-state index is 11.6. The van der Waals surface area contributed by atoms with E-state index in [1.54, 1.807) is 0 Å². The minimum absolute atomic E-state index is 0.0378. The Morgan fingerprint density at radius 1 is 1.30 bits per heavy atom. The molecule has 20 heavy (non-hydrogen) atoms. The molecule has 1 aliphatic rings. The lowest BCUT2D eigenvalue weighted by molar-refractivity contribution is -0.166. The number of carbonyl (C=O) groups excluding carboxylic acids is 2. The van der Waals surface area contributed by atoms with Gasteiger partial charge in [0.2, 0.25) is 0 Å². The number of esters is 2. The summed E-state index contributed by atoms with van der Waals surface area (Å²) in [5.41, 5.74) is -1.01. The molecule has 0 amide bonds. The van der Waals surface area contributed by atoms with Crippen molar-refractivity contribution in [2.45, 2.75) is 70.3 Å². The first kappa shape index (κ1) is 17.0. The van der Waals surface area contributed by atoms with Crippen molar-refractivity contribution in [1.29, 1.82) is 0 Å². The van der Waals surface area contributed by atoms with Crippen LogP contribution in [0.25, 0.3) is 0 Å². The fourth-order valence-electron chi connectivity index (χ4n) is 2.27. The van der Waals surface area contributed by atoms with Crippen LogP contribution in [0, 0.1) is 0 Å². The fourth-order valence-corrected chi connectivity index (χ4v) is 2.27. The Labute approximate surface area is 120 Å². The monoisotopic (exact) mass is 286 g/mol. The summed E-state index contributed by atoms with van der Waals surface area (Å²) >= 11 is 0. The Balaban J connectivity index is 2.11. The maximum Gasteiger partial charge on any atom is 0.306 e. The number of rotatable bonds is 10. The zero-order valence-corrected chi connectivity index (χ0v) is 12.4. The molecule has 0 saturated carbocycles. The summed E-state index contributed by atoms with van der Waals surface area (Å²) in [6.45, 7) is 1.83. The number of hydrogen-bond acceptors (Lipinski definition) is 5. The third kappa shape index (κ3) is 5.90. The van der Waals surface area contributed by atoms with Crippen LogP contribution in [-0.4, -0.2) is 35.9 Å². The first-order valence-corrected chi connectivity index (χ1v) is 7.60. The molecule has 0 aromatic rings. The molecule has 1 fully saturated rings. The van der Waals surface area contributed by atoms with Gasteiger partial charge in [-0.05, 0) is 6.42 Å². The van der Waals surface area contributed by atoms with E-state index in [1.165, 1.54) is 19.3 Å². The highest BCUT2D eigenvalue weighted by atomic mass is 16.6. The molecule has 0 spiro atoms. The number of carbonyl (C=O) groups is 2. The number of unbranched alkanes of at least 4 members (excludes halogenated alkanes) is 5. The number of hydrogen-bond donors (Lipinski definition) is 1. The number of aliphatic hydroxyl groups is 1. The molecule has 1 unspecified atom stereocenters. The second-order valence-corrected chi connectivity index (χ2v) is 5.49. The Bertz CT molecular complexity index is 315. The third-order valence-corrected chi connectivity index (χ3v) is 3.63. The van der Waals surface area contributed by atoms with E-state index < -0.39 is 5.60 Å². The molecule has 1 N–H and O–H groups in total. The van der Waals surface area contributed by atoms with E-state index in [9.17, 15) is 14.7 Å². The molecule has 0 aromatic heterocycles. The zero-order chi connectivity index (χ0) is 14.8. The Kier molecular flexibility index (Phi) is 7.59. The van der Waals surface area contributed by atoms with Gasteiger partial charge in [-0.15, -0.1) is 0 Å². The van der Waals surface area contributed by atoms with Crippen LogP contribution >= 0.6 is 0 Å². The van der Waals surface area contributed by atoms with Gasteiger partial charge in [0, 0.05) is 19.3 Å². The molecule has 1 atom stereocenters. The molecule has 1 heterocycles. The van der Waals surface area contributed by atoms with Gasteiger partial charge in [0.1, 0.15) is 6.61 Å². The van der Waals surface area contributed by atoms with Crippen molar-refractivity contribution in [1.82, 2.24) is 0 Å². The lowest BCUT2D eigenvalue weighted by atomic mass is 10.0. The predicted octanol–water partition coefficient (Wildman–Crippen LogP) is 2.35. The molecule has 1 rings (SSSR count). The smallest absolute Gasteiger partial charge is 0.306 e. The average molecular weight is 286 g/mol. The summed E-state index contributed by atoms with van der Waals surface area (Å²) in [4.78, 5) is 22.7. The van der Waals surface area contributed by atoms with Gasteiger partial charge in [-0.1, -0.05) is 39.0 Å². The molecule has 0 aliphatic carbocycles. The van der Waals surface area contributed by atoms with E-state index >= 15 is 0 Å². The second kappa shape index (κ2) is 8.95. The van der Waals surface area contributed by atoms with Crippen LogP contribution in [0.2, 0.25) is 0 Å². The van der Waals surface area contributed by atoms with E-state index in [4.69, 9.17) is 9.47 Å². The topological polar surface area (TPSA) is 72.8 Å². The molecule has 0 aromatic carbocycles. The summed E-state index contributed by atoms with van der Waals surface area (Å²) in [5, 5.41) is 9.28. The number of cyclic esters (lactones) is 1. The Morgan fingerprint density at radius 3 is 2.60 bits per heavy atom. The third-order valence-electron chi connectivity index (χ3n) is 3.63. The van der Waals surface area contributed by atoms with Crippen molar-refractivity contribution < 1.29 is 24.2 Å². The van der Waals surface area contributed by atoms with Gasteiger partial charge >= 0.3 is 11.9 Å². The summed E-state index contributed by atoms with van der Waals surface area (Å²) in [6, 6.07) is 0. The van der Waals surface area contributed by atoms with E-state index in [2.05, 4.69) is 6.92 Å². The van der Waals surface area contributed by atoms with Crippen molar-refractivity contribution in [3.63, 3.8) is 0 Å². The molecule has 1 saturated heterocycles. The highest BCUT2D eigenvalue weighted by Crippen LogP contribution is 2.26. The Morgan fingerprint density at radius 2 is 2.00 bits per heavy atom. The van der Waals surface area contributed by atoms with Crippen LogP contribution in [-0.2, 0) is 19.1 Å². The molecular formula is C15H26O5. The van der Waals surface area contributed by atoms with Gasteiger partial charge in [-0.3, -0.25) is 9.59 Å². The van der Waals surface area contributed by atoms with Gasteiger partial charge in [0.15, 0.2) is 5.60 Å². The molecule has 5 heteroatoms. The van der Waals surface area contributed by atoms with Crippen LogP contribution in [0.4, 0.5) is 0 Å². The van der Waals surface area contributed by atoms with Crippen molar-refractivity contribution in [3.05, 3.63) is 0 Å². The standard InChI is InChI=1S/C15H26O5/c1-2-3-4-5-6-7-8-13(17)19-12-15(11-16)10-9-14(18)20-15/h16H,2-12H2,1H3. The summed E-state index contributed by atoms with van der Waals surface area (Å²) < 4.78 is 10.2. The van der Waals surface area contributed by atoms with Crippen LogP contribution in [0.5, 0.6) is 0 Å². The quantitative estimate of drug-likeness (QED) is 0.493. The highest BCUT2D eigenvalue weighted by Gasteiger charge is 2.41. The summed E-state index contributed by atoms with van der Waals surface area (Å²) in [7, 11) is 0. The normalized spacial score (nSPS) is 21.8. The van der Waals surface area contributed by atoms with Gasteiger partial charge in [-0.2, -0.15) is 0 Å². The second-order valence-electron chi connectivity index (χ2n) is 5.49. The molecule has 0 bridgehead atoms. The van der Waals surface area contributed by atoms with Crippen molar-refractivity contribution in [2.75, 3.05) is 13.2 Å². The van der Waals surface area contributed by atoms with Crippen LogP contribution in [0.3, 0.4) is 0 Å². The van der Waals surface area contributed by atoms with Crippen LogP contribution in [0.15, 0.2) is 0 Å². The minimum atomic E-state index is -1.01. The van der Waals surface area contributed by atoms with E-state index in [-0.39, 0.29) is 31.6 Å². The van der Waals surface area contributed by atoms with Crippen molar-refractivity contribution >= 4 is 11.9 Å². The average Bonchev–Trinajstić information content (AvgIpc) is 2.83.